The number of hydrogen-bond acceptors (Lipinski definition) is 2. The van der Waals surface area contributed by atoms with Crippen molar-refractivity contribution < 1.29 is 14.6 Å². The maximum absolute atomic E-state index is 10.7. The summed E-state index contributed by atoms with van der Waals surface area (Å²) in [6.45, 7) is 2.31. The topological polar surface area (TPSA) is 46.5 Å². The number of rotatable bonds is 8. The molecule has 0 bridgehead atoms. The van der Waals surface area contributed by atoms with E-state index < -0.39 is 6.16 Å². The van der Waals surface area contributed by atoms with Crippen molar-refractivity contribution in [1.82, 2.24) is 0 Å². The van der Waals surface area contributed by atoms with Gasteiger partial charge in [0.15, 0.2) is 0 Å². The summed E-state index contributed by atoms with van der Waals surface area (Å²) in [6.07, 6.45) is 16.9. The summed E-state index contributed by atoms with van der Waals surface area (Å²) in [5.41, 5.74) is 1.28. The molecule has 4 heteroatoms. The molecule has 1 aromatic rings. The first-order valence-corrected chi connectivity index (χ1v) is 12.4. The van der Waals surface area contributed by atoms with Crippen LogP contribution in [0.3, 0.4) is 0 Å². The van der Waals surface area contributed by atoms with Crippen LogP contribution in [0.25, 0.3) is 0 Å². The minimum atomic E-state index is -1.26. The smallest absolute Gasteiger partial charge is 0.449 e. The number of carbonyl (C=O) groups is 1. The summed E-state index contributed by atoms with van der Waals surface area (Å²) in [7, 11) is 2.59. The number of hydrogen-bond donors (Lipinski definition) is 1. The van der Waals surface area contributed by atoms with Crippen molar-refractivity contribution >= 4 is 20.7 Å². The highest BCUT2D eigenvalue weighted by Crippen LogP contribution is 2.43. The number of aryl methyl sites for hydroxylation is 1. The molecule has 0 heterocycles. The number of carboxylic acid groups (broad SMARTS) is 1. The monoisotopic (exact) mass is 418 g/mol. The van der Waals surface area contributed by atoms with Gasteiger partial charge in [0.2, 0.25) is 0 Å². The second kappa shape index (κ2) is 11.3. The quantitative estimate of drug-likeness (QED) is 0.281. The summed E-state index contributed by atoms with van der Waals surface area (Å²) in [5, 5.41) is 9.59. The van der Waals surface area contributed by atoms with Gasteiger partial charge in [-0.3, -0.25) is 0 Å². The Bertz CT molecular complexity index is 643. The average Bonchev–Trinajstić information content (AvgIpc) is 2.73. The predicted octanol–water partition coefficient (Wildman–Crippen LogP) is 6.98. The molecule has 0 aliphatic heterocycles. The molecule has 1 N–H and O–H groups in total. The Hall–Kier alpha value is -1.08. The molecule has 29 heavy (non-hydrogen) atoms. The molecule has 0 aromatic heterocycles. The molecule has 2 aliphatic carbocycles. The van der Waals surface area contributed by atoms with Gasteiger partial charge in [-0.1, -0.05) is 57.9 Å². The van der Waals surface area contributed by atoms with Crippen molar-refractivity contribution in [3.8, 4) is 5.75 Å². The average molecular weight is 419 g/mol. The molecule has 0 saturated heterocycles. The van der Waals surface area contributed by atoms with Crippen molar-refractivity contribution in [3.05, 3.63) is 23.8 Å². The van der Waals surface area contributed by atoms with Crippen LogP contribution in [0, 0.1) is 23.7 Å². The Labute approximate surface area is 179 Å². The van der Waals surface area contributed by atoms with E-state index >= 15 is 0 Å². The molecule has 0 amide bonds. The van der Waals surface area contributed by atoms with Gasteiger partial charge in [-0.05, 0) is 79.9 Å². The number of benzene rings is 1. The first kappa shape index (κ1) is 22.6. The van der Waals surface area contributed by atoms with Crippen molar-refractivity contribution in [3.63, 3.8) is 0 Å². The molecule has 162 valence electrons. The highest BCUT2D eigenvalue weighted by molar-refractivity contribution is 7.27. The fourth-order valence-corrected chi connectivity index (χ4v) is 6.07. The molecule has 2 aliphatic rings. The van der Waals surface area contributed by atoms with Crippen LogP contribution in [0.2, 0.25) is 0 Å². The van der Waals surface area contributed by atoms with E-state index in [1.165, 1.54) is 82.6 Å². The maximum Gasteiger partial charge on any atom is 0.511 e. The molecule has 0 spiro atoms. The summed E-state index contributed by atoms with van der Waals surface area (Å²) < 4.78 is 4.79. The van der Waals surface area contributed by atoms with Crippen molar-refractivity contribution in [2.45, 2.75) is 90.4 Å². The van der Waals surface area contributed by atoms with E-state index in [1.807, 2.05) is 12.1 Å². The lowest BCUT2D eigenvalue weighted by Crippen LogP contribution is -2.26. The van der Waals surface area contributed by atoms with Crippen LogP contribution in [0.1, 0.15) is 89.5 Å². The van der Waals surface area contributed by atoms with Crippen LogP contribution in [-0.4, -0.2) is 11.3 Å². The summed E-state index contributed by atoms with van der Waals surface area (Å²) >= 11 is 0. The minimum absolute atomic E-state index is 0.413. The highest BCUT2D eigenvalue weighted by atomic mass is 31.0. The molecular formula is C25H39O3P. The number of unbranched alkanes of at least 4 members (excludes halogenated alkanes) is 1. The molecule has 3 rings (SSSR count). The molecule has 2 saturated carbocycles. The third-order valence-electron chi connectivity index (χ3n) is 7.53. The molecule has 1 unspecified atom stereocenters. The molecular weight excluding hydrogens is 379 g/mol. The number of ether oxygens (including phenoxy) is 1. The first-order valence-electron chi connectivity index (χ1n) is 11.8. The lowest BCUT2D eigenvalue weighted by atomic mass is 9.68. The van der Waals surface area contributed by atoms with Gasteiger partial charge in [-0.15, -0.1) is 9.24 Å². The van der Waals surface area contributed by atoms with Crippen molar-refractivity contribution in [2.75, 3.05) is 0 Å². The van der Waals surface area contributed by atoms with E-state index in [-0.39, 0.29) is 0 Å². The van der Waals surface area contributed by atoms with Crippen LogP contribution in [-0.2, 0) is 6.42 Å². The van der Waals surface area contributed by atoms with Gasteiger partial charge >= 0.3 is 6.16 Å². The normalized spacial score (nSPS) is 27.5. The van der Waals surface area contributed by atoms with Gasteiger partial charge in [0.05, 0.1) is 0 Å². The molecule has 1 aromatic carbocycles. The standard InChI is InChI=1S/C25H39O3P/c1-2-3-4-18-7-12-21(13-8-18)22-14-9-19(10-15-22)5-6-20-11-16-23(24(29)17-20)28-25(26)27/h11,16-19,21-22H,2-10,12-15,29H2,1H3,(H,26,27). The van der Waals surface area contributed by atoms with Gasteiger partial charge in [0, 0.05) is 5.30 Å². The van der Waals surface area contributed by atoms with Gasteiger partial charge in [-0.2, -0.15) is 0 Å². The Morgan fingerprint density at radius 1 is 1.00 bits per heavy atom. The van der Waals surface area contributed by atoms with Gasteiger partial charge in [0.1, 0.15) is 5.75 Å². The lowest BCUT2D eigenvalue weighted by molar-refractivity contribution is 0.140. The zero-order chi connectivity index (χ0) is 20.6. The van der Waals surface area contributed by atoms with Gasteiger partial charge < -0.3 is 9.84 Å². The van der Waals surface area contributed by atoms with Gasteiger partial charge in [0.25, 0.3) is 0 Å². The van der Waals surface area contributed by atoms with Crippen LogP contribution >= 0.6 is 9.24 Å². The fourth-order valence-electron chi connectivity index (χ4n) is 5.70. The Kier molecular flexibility index (Phi) is 8.85. The van der Waals surface area contributed by atoms with Crippen molar-refractivity contribution in [2.24, 2.45) is 23.7 Å². The Balaban J connectivity index is 1.37. The van der Waals surface area contributed by atoms with E-state index in [1.54, 1.807) is 6.07 Å². The van der Waals surface area contributed by atoms with E-state index in [2.05, 4.69) is 16.2 Å². The molecule has 2 fully saturated rings. The second-order valence-corrected chi connectivity index (χ2v) is 10.1. The van der Waals surface area contributed by atoms with Crippen LogP contribution < -0.4 is 10.0 Å². The molecule has 0 radical (unpaired) electrons. The second-order valence-electron chi connectivity index (χ2n) is 9.48. The Morgan fingerprint density at radius 2 is 1.59 bits per heavy atom. The van der Waals surface area contributed by atoms with Crippen LogP contribution in [0.4, 0.5) is 4.79 Å². The van der Waals surface area contributed by atoms with E-state index in [0.29, 0.717) is 5.75 Å². The zero-order valence-electron chi connectivity index (χ0n) is 18.1. The predicted molar refractivity (Wildman–Crippen MR) is 123 cm³/mol. The van der Waals surface area contributed by atoms with Crippen LogP contribution in [0.15, 0.2) is 18.2 Å². The summed E-state index contributed by atoms with van der Waals surface area (Å²) in [5.74, 6) is 4.29. The van der Waals surface area contributed by atoms with E-state index in [9.17, 15) is 4.79 Å². The molecule has 3 nitrogen and oxygen atoms in total. The molecule has 1 atom stereocenters. The Morgan fingerprint density at radius 3 is 2.10 bits per heavy atom. The maximum atomic E-state index is 10.7. The first-order chi connectivity index (χ1) is 14.0. The summed E-state index contributed by atoms with van der Waals surface area (Å²) in [6, 6.07) is 5.83. The lowest BCUT2D eigenvalue weighted by Gasteiger charge is -2.38. The van der Waals surface area contributed by atoms with E-state index in [4.69, 9.17) is 9.84 Å². The third-order valence-corrected chi connectivity index (χ3v) is 7.98. The largest absolute Gasteiger partial charge is 0.511 e. The minimum Gasteiger partial charge on any atom is -0.449 e. The van der Waals surface area contributed by atoms with Crippen molar-refractivity contribution in [1.29, 1.82) is 0 Å². The van der Waals surface area contributed by atoms with Crippen LogP contribution in [0.5, 0.6) is 5.75 Å². The van der Waals surface area contributed by atoms with Gasteiger partial charge in [-0.25, -0.2) is 4.79 Å². The summed E-state index contributed by atoms with van der Waals surface area (Å²) in [4.78, 5) is 10.7. The SMILES string of the molecule is CCCCC1CCC(C2CCC(CCc3ccc(OC(=O)O)c(P)c3)CC2)CC1. The zero-order valence-corrected chi connectivity index (χ0v) is 19.2. The third kappa shape index (κ3) is 6.99. The highest BCUT2D eigenvalue weighted by Gasteiger charge is 2.30. The fraction of sp³-hybridized carbons (Fsp3) is 0.720. The van der Waals surface area contributed by atoms with E-state index in [0.717, 1.165) is 35.4 Å².